The number of piperidine rings is 1. The molecule has 4 amide bonds. The number of carbonyl (C=O) groups is 3. The Bertz CT molecular complexity index is 1620. The summed E-state index contributed by atoms with van der Waals surface area (Å²) in [6.07, 6.45) is 1.76. The predicted octanol–water partition coefficient (Wildman–Crippen LogP) is 5.46. The lowest BCUT2D eigenvalue weighted by Gasteiger charge is -2.35. The number of nitrogens with one attached hydrogen (secondary N) is 3. The first-order valence-electron chi connectivity index (χ1n) is 14.6. The molecule has 3 aromatic carbocycles. The van der Waals surface area contributed by atoms with Gasteiger partial charge in [-0.1, -0.05) is 43.3 Å². The molecule has 4 aromatic rings. The highest BCUT2D eigenvalue weighted by molar-refractivity contribution is 6.00. The number of carboxylic acid groups (broad SMARTS) is 1. The van der Waals surface area contributed by atoms with Crippen molar-refractivity contribution >= 4 is 34.6 Å². The van der Waals surface area contributed by atoms with Crippen molar-refractivity contribution in [2.45, 2.75) is 44.4 Å². The molecule has 0 spiro atoms. The minimum Gasteiger partial charge on any atom is -0.490 e. The summed E-state index contributed by atoms with van der Waals surface area (Å²) < 4.78 is 19.2. The number of H-pyrrole nitrogens is 1. The van der Waals surface area contributed by atoms with Crippen LogP contribution in [0.5, 0.6) is 5.75 Å². The van der Waals surface area contributed by atoms with Crippen LogP contribution in [0, 0.1) is 5.82 Å². The number of hydrogen-bond acceptors (Lipinski definition) is 4. The van der Waals surface area contributed by atoms with Crippen LogP contribution < -0.4 is 20.3 Å². The molecule has 1 aromatic heterocycles. The maximum absolute atomic E-state index is 14.2. The third-order valence-electron chi connectivity index (χ3n) is 8.12. The maximum Gasteiger partial charge on any atom is 0.404 e. The van der Waals surface area contributed by atoms with Crippen molar-refractivity contribution in [2.24, 2.45) is 0 Å². The number of nitrogens with zero attached hydrogens (tertiary/aromatic N) is 2. The van der Waals surface area contributed by atoms with Crippen molar-refractivity contribution in [3.63, 3.8) is 0 Å². The van der Waals surface area contributed by atoms with Gasteiger partial charge in [0.15, 0.2) is 0 Å². The Labute approximate surface area is 254 Å². The second-order valence-corrected chi connectivity index (χ2v) is 10.9. The van der Waals surface area contributed by atoms with Gasteiger partial charge >= 0.3 is 12.1 Å². The van der Waals surface area contributed by atoms with Crippen molar-refractivity contribution in [3.05, 3.63) is 95.9 Å². The minimum atomic E-state index is -1.17. The number of fused-ring (bicyclic) bond motifs is 1. The van der Waals surface area contributed by atoms with Gasteiger partial charge in [-0.25, -0.2) is 14.0 Å². The average Bonchev–Trinajstić information content (AvgIpc) is 3.47. The molecule has 44 heavy (non-hydrogen) atoms. The highest BCUT2D eigenvalue weighted by atomic mass is 19.1. The van der Waals surface area contributed by atoms with Gasteiger partial charge in [-0.2, -0.15) is 0 Å². The Hall–Kier alpha value is -5.06. The number of likely N-dealkylation sites (N-methyl/N-ethyl adjacent to an activating group) is 1. The number of aromatic nitrogens is 1. The number of para-hydroxylation sites is 2. The summed E-state index contributed by atoms with van der Waals surface area (Å²) in [4.78, 5) is 45.4. The summed E-state index contributed by atoms with van der Waals surface area (Å²) in [5, 5.41) is 15.5. The van der Waals surface area contributed by atoms with E-state index in [4.69, 9.17) is 9.84 Å². The van der Waals surface area contributed by atoms with Crippen molar-refractivity contribution in [1.29, 1.82) is 0 Å². The fourth-order valence-corrected chi connectivity index (χ4v) is 5.64. The summed E-state index contributed by atoms with van der Waals surface area (Å²) in [6.45, 7) is 2.79. The van der Waals surface area contributed by atoms with Gasteiger partial charge in [0.2, 0.25) is 5.91 Å². The zero-order valence-electron chi connectivity index (χ0n) is 24.6. The molecule has 2 atom stereocenters. The number of carbonyl (C=O) groups excluding carboxylic acids is 2. The highest BCUT2D eigenvalue weighted by Crippen LogP contribution is 2.30. The molecular formula is C33H36FN5O5. The molecule has 5 rings (SSSR count). The number of hydrogen-bond donors (Lipinski definition) is 4. The van der Waals surface area contributed by atoms with Crippen molar-refractivity contribution in [2.75, 3.05) is 25.0 Å². The Morgan fingerprint density at radius 3 is 2.45 bits per heavy atom. The van der Waals surface area contributed by atoms with Crippen LogP contribution in [-0.4, -0.2) is 65.3 Å². The minimum absolute atomic E-state index is 0.0209. The summed E-state index contributed by atoms with van der Waals surface area (Å²) in [7, 11) is 1.63. The molecule has 0 aliphatic carbocycles. The second kappa shape index (κ2) is 13.5. The summed E-state index contributed by atoms with van der Waals surface area (Å²) in [6, 6.07) is 19.4. The fourth-order valence-electron chi connectivity index (χ4n) is 5.64. The Kier molecular flexibility index (Phi) is 9.32. The quantitative estimate of drug-likeness (QED) is 0.203. The van der Waals surface area contributed by atoms with Crippen LogP contribution in [0.3, 0.4) is 0 Å². The van der Waals surface area contributed by atoms with Crippen LogP contribution in [0.25, 0.3) is 10.9 Å². The van der Waals surface area contributed by atoms with Crippen LogP contribution in [0.4, 0.5) is 19.7 Å². The lowest BCUT2D eigenvalue weighted by molar-refractivity contribution is -0.120. The lowest BCUT2D eigenvalue weighted by Crippen LogP contribution is -2.55. The topological polar surface area (TPSA) is 127 Å². The zero-order valence-corrected chi connectivity index (χ0v) is 24.6. The zero-order chi connectivity index (χ0) is 31.2. The normalized spacial score (nSPS) is 14.9. The summed E-state index contributed by atoms with van der Waals surface area (Å²) in [5.74, 6) is -0.502. The van der Waals surface area contributed by atoms with Crippen LogP contribution in [-0.2, 0) is 11.3 Å². The Morgan fingerprint density at radius 2 is 1.73 bits per heavy atom. The molecule has 1 saturated heterocycles. The monoisotopic (exact) mass is 601 g/mol. The molecular weight excluding hydrogens is 565 g/mol. The van der Waals surface area contributed by atoms with Gasteiger partial charge in [-0.15, -0.1) is 0 Å². The molecule has 1 fully saturated rings. The first-order valence-corrected chi connectivity index (χ1v) is 14.6. The van der Waals surface area contributed by atoms with Gasteiger partial charge in [-0.05, 0) is 47.5 Å². The van der Waals surface area contributed by atoms with Crippen LogP contribution in [0.2, 0.25) is 0 Å². The number of amides is 4. The van der Waals surface area contributed by atoms with E-state index in [-0.39, 0.29) is 30.4 Å². The van der Waals surface area contributed by atoms with Gasteiger partial charge < -0.3 is 35.3 Å². The van der Waals surface area contributed by atoms with E-state index >= 15 is 0 Å². The van der Waals surface area contributed by atoms with E-state index in [1.807, 2.05) is 37.4 Å². The summed E-state index contributed by atoms with van der Waals surface area (Å²) in [5.41, 5.74) is 2.97. The number of benzene rings is 3. The Balaban J connectivity index is 1.34. The number of rotatable bonds is 9. The molecule has 0 radical (unpaired) electrons. The van der Waals surface area contributed by atoms with E-state index in [2.05, 4.69) is 15.6 Å². The predicted molar refractivity (Wildman–Crippen MR) is 165 cm³/mol. The number of urea groups is 1. The molecule has 0 saturated carbocycles. The summed E-state index contributed by atoms with van der Waals surface area (Å²) >= 11 is 0. The average molecular weight is 602 g/mol. The number of halogens is 1. The number of ether oxygens (including phenoxy) is 1. The molecule has 11 heteroatoms. The van der Waals surface area contributed by atoms with Crippen molar-refractivity contribution in [1.82, 2.24) is 20.5 Å². The van der Waals surface area contributed by atoms with E-state index < -0.39 is 18.1 Å². The van der Waals surface area contributed by atoms with E-state index in [1.54, 1.807) is 48.3 Å². The molecule has 1 aliphatic rings. The smallest absolute Gasteiger partial charge is 0.404 e. The van der Waals surface area contributed by atoms with E-state index in [0.29, 0.717) is 42.9 Å². The highest BCUT2D eigenvalue weighted by Gasteiger charge is 2.35. The molecule has 230 valence electrons. The van der Waals surface area contributed by atoms with E-state index in [0.717, 1.165) is 16.5 Å². The number of likely N-dealkylation sites (tertiary alicyclic amines) is 1. The third kappa shape index (κ3) is 6.94. The number of anilines is 1. The Morgan fingerprint density at radius 1 is 1.05 bits per heavy atom. The molecule has 10 nitrogen and oxygen atoms in total. The van der Waals surface area contributed by atoms with Gasteiger partial charge in [-0.3, -0.25) is 4.79 Å². The van der Waals surface area contributed by atoms with Crippen LogP contribution in [0.1, 0.15) is 36.8 Å². The third-order valence-corrected chi connectivity index (χ3v) is 8.12. The lowest BCUT2D eigenvalue weighted by atomic mass is 9.91. The molecule has 1 aliphatic heterocycles. The first-order chi connectivity index (χ1) is 21.2. The largest absolute Gasteiger partial charge is 0.490 e. The van der Waals surface area contributed by atoms with Gasteiger partial charge in [0.1, 0.15) is 23.7 Å². The fraction of sp³-hybridized carbons (Fsp3) is 0.303. The maximum atomic E-state index is 14.2. The molecule has 0 bridgehead atoms. The molecule has 2 heterocycles. The van der Waals surface area contributed by atoms with Crippen molar-refractivity contribution < 1.29 is 28.6 Å². The van der Waals surface area contributed by atoms with Gasteiger partial charge in [0, 0.05) is 68.2 Å². The van der Waals surface area contributed by atoms with Crippen LogP contribution >= 0.6 is 0 Å². The van der Waals surface area contributed by atoms with Gasteiger partial charge in [0.05, 0.1) is 0 Å². The molecule has 2 unspecified atom stereocenters. The van der Waals surface area contributed by atoms with E-state index in [9.17, 15) is 18.8 Å². The van der Waals surface area contributed by atoms with Crippen molar-refractivity contribution in [3.8, 4) is 5.75 Å². The second-order valence-electron chi connectivity index (χ2n) is 10.9. The number of aromatic amines is 1. The van der Waals surface area contributed by atoms with Gasteiger partial charge in [0.25, 0.3) is 0 Å². The van der Waals surface area contributed by atoms with Crippen LogP contribution in [0.15, 0.2) is 79.0 Å². The first kappa shape index (κ1) is 30.4. The molecule has 4 N–H and O–H groups in total. The SMILES string of the molecule is CC(c1c[nH]c2ccccc12)C(NC(=O)N1CCC(Oc2ccc(F)cc2)CC1)C(=O)N(C)c1ccccc1CNC(=O)O. The standard InChI is InChI=1S/C33H36FN5O5/c1-21(27-20-35-28-9-5-4-8-26(27)28)30(31(40)38(2)29-10-6-3-7-22(29)19-36-33(42)43)37-32(41)39-17-15-25(16-18-39)44-24-13-11-23(34)12-14-24/h3-14,20-21,25,30,35-36H,15-19H2,1-2H3,(H,37,41)(H,42,43). The van der Waals surface area contributed by atoms with E-state index in [1.165, 1.54) is 17.0 Å².